The molecule has 0 amide bonds. The predicted molar refractivity (Wildman–Crippen MR) is 65.7 cm³/mol. The van der Waals surface area contributed by atoms with Crippen molar-refractivity contribution in [2.45, 2.75) is 18.9 Å². The summed E-state index contributed by atoms with van der Waals surface area (Å²) >= 11 is 5.86. The summed E-state index contributed by atoms with van der Waals surface area (Å²) in [6.07, 6.45) is 1.03. The summed E-state index contributed by atoms with van der Waals surface area (Å²) in [6, 6.07) is 7.93. The number of benzene rings is 1. The Kier molecular flexibility index (Phi) is 5.32. The van der Waals surface area contributed by atoms with Crippen LogP contribution in [0.25, 0.3) is 0 Å². The smallest absolute Gasteiger partial charge is 0.328 e. The molecule has 1 aromatic rings. The Morgan fingerprint density at radius 3 is 2.13 bits per heavy atom. The van der Waals surface area contributed by atoms with E-state index >= 15 is 0 Å². The van der Waals surface area contributed by atoms with Crippen LogP contribution in [0.1, 0.15) is 24.4 Å². The first-order valence-electron chi connectivity index (χ1n) is 5.04. The second-order valence-corrected chi connectivity index (χ2v) is 6.33. The van der Waals surface area contributed by atoms with Crippen LogP contribution in [0.2, 0.25) is 5.02 Å². The quantitative estimate of drug-likeness (QED) is 0.742. The zero-order valence-corrected chi connectivity index (χ0v) is 11.3. The van der Waals surface area contributed by atoms with Gasteiger partial charge in [0.15, 0.2) is 0 Å². The Balaban J connectivity index is 2.86. The molecule has 0 saturated heterocycles. The molecule has 2 nitrogen and oxygen atoms in total. The van der Waals surface area contributed by atoms with E-state index in [1.165, 1.54) is 5.56 Å². The molecule has 0 spiro atoms. The summed E-state index contributed by atoms with van der Waals surface area (Å²) in [4.78, 5) is 0. The molecule has 84 valence electrons. The average Bonchev–Trinajstić information content (AvgIpc) is 2.27. The molecule has 0 fully saturated rings. The molecule has 1 unspecified atom stereocenters. The van der Waals surface area contributed by atoms with Crippen LogP contribution in [-0.4, -0.2) is 23.5 Å². The van der Waals surface area contributed by atoms with E-state index in [1.54, 1.807) is 14.2 Å². The fourth-order valence-electron chi connectivity index (χ4n) is 1.72. The van der Waals surface area contributed by atoms with Gasteiger partial charge in [0, 0.05) is 24.8 Å². The van der Waals surface area contributed by atoms with Crippen LogP contribution in [0.4, 0.5) is 0 Å². The Hall–Kier alpha value is -0.353. The van der Waals surface area contributed by atoms with E-state index in [-0.39, 0.29) is 0 Å². The van der Waals surface area contributed by atoms with Gasteiger partial charge >= 0.3 is 9.28 Å². The Bertz CT molecular complexity index is 285. The molecule has 1 atom stereocenters. The van der Waals surface area contributed by atoms with Crippen molar-refractivity contribution in [2.24, 2.45) is 0 Å². The Morgan fingerprint density at radius 1 is 1.20 bits per heavy atom. The summed E-state index contributed by atoms with van der Waals surface area (Å²) in [6.45, 7) is 2.15. The van der Waals surface area contributed by atoms with Crippen LogP contribution in [0.5, 0.6) is 0 Å². The van der Waals surface area contributed by atoms with Crippen molar-refractivity contribution in [3.63, 3.8) is 0 Å². The maximum absolute atomic E-state index is 5.86. The van der Waals surface area contributed by atoms with Crippen LogP contribution in [-0.2, 0) is 8.85 Å². The van der Waals surface area contributed by atoms with E-state index in [0.717, 1.165) is 11.4 Å². The highest BCUT2D eigenvalue weighted by atomic mass is 35.5. The van der Waals surface area contributed by atoms with Gasteiger partial charge in [-0.3, -0.25) is 0 Å². The van der Waals surface area contributed by atoms with Crippen LogP contribution >= 0.6 is 11.6 Å². The number of halogens is 1. The van der Waals surface area contributed by atoms with Crippen molar-refractivity contribution in [3.05, 3.63) is 34.9 Å². The summed E-state index contributed by atoms with van der Waals surface area (Å²) in [5.41, 5.74) is 1.64. The van der Waals surface area contributed by atoms with Gasteiger partial charge in [-0.15, -0.1) is 0 Å². The third-order valence-electron chi connectivity index (χ3n) is 2.53. The summed E-state index contributed by atoms with van der Waals surface area (Å²) in [5.74, 6) is 0. The van der Waals surface area contributed by atoms with E-state index in [0.29, 0.717) is 5.54 Å². The molecule has 0 bridgehead atoms. The minimum atomic E-state index is -1.59. The average molecular weight is 245 g/mol. The SMILES string of the molecule is CCC(c1ccc(Cl)cc1)[SiH](OC)OC. The van der Waals surface area contributed by atoms with Crippen molar-refractivity contribution in [2.75, 3.05) is 14.2 Å². The van der Waals surface area contributed by atoms with Crippen LogP contribution < -0.4 is 0 Å². The van der Waals surface area contributed by atoms with E-state index in [4.69, 9.17) is 20.5 Å². The van der Waals surface area contributed by atoms with Gasteiger partial charge in [-0.25, -0.2) is 0 Å². The molecule has 0 N–H and O–H groups in total. The zero-order valence-electron chi connectivity index (χ0n) is 9.37. The van der Waals surface area contributed by atoms with Gasteiger partial charge in [-0.05, 0) is 24.1 Å². The second kappa shape index (κ2) is 6.28. The van der Waals surface area contributed by atoms with Gasteiger partial charge in [-0.1, -0.05) is 30.7 Å². The number of rotatable bonds is 5. The highest BCUT2D eigenvalue weighted by molar-refractivity contribution is 6.46. The molecule has 0 aliphatic heterocycles. The molecular weight excluding hydrogens is 228 g/mol. The first-order chi connectivity index (χ1) is 7.22. The molecule has 0 aliphatic carbocycles. The topological polar surface area (TPSA) is 18.5 Å². The van der Waals surface area contributed by atoms with E-state index < -0.39 is 9.28 Å². The molecule has 1 aromatic carbocycles. The molecule has 0 aromatic heterocycles. The second-order valence-electron chi connectivity index (χ2n) is 3.41. The van der Waals surface area contributed by atoms with E-state index in [9.17, 15) is 0 Å². The zero-order chi connectivity index (χ0) is 11.3. The van der Waals surface area contributed by atoms with E-state index in [2.05, 4.69) is 19.1 Å². The van der Waals surface area contributed by atoms with Crippen molar-refractivity contribution in [1.82, 2.24) is 0 Å². The highest BCUT2D eigenvalue weighted by Gasteiger charge is 2.24. The van der Waals surface area contributed by atoms with E-state index in [1.807, 2.05) is 12.1 Å². The lowest BCUT2D eigenvalue weighted by Crippen LogP contribution is -2.28. The minimum Gasteiger partial charge on any atom is -0.400 e. The molecule has 0 radical (unpaired) electrons. The fraction of sp³-hybridized carbons (Fsp3) is 0.455. The van der Waals surface area contributed by atoms with Crippen molar-refractivity contribution >= 4 is 20.9 Å². The Labute approximate surface area is 98.0 Å². The van der Waals surface area contributed by atoms with Gasteiger partial charge in [0.05, 0.1) is 0 Å². The summed E-state index contributed by atoms with van der Waals surface area (Å²) in [7, 11) is 1.85. The third kappa shape index (κ3) is 3.31. The standard InChI is InChI=1S/C11H17ClO2Si/c1-4-11(15(13-2)14-3)9-5-7-10(12)8-6-9/h5-8,11,15H,4H2,1-3H3. The van der Waals surface area contributed by atoms with Crippen molar-refractivity contribution < 1.29 is 8.85 Å². The van der Waals surface area contributed by atoms with Gasteiger partial charge in [0.2, 0.25) is 0 Å². The monoisotopic (exact) mass is 244 g/mol. The molecule has 0 saturated carbocycles. The summed E-state index contributed by atoms with van der Waals surface area (Å²) in [5, 5.41) is 0.765. The number of hydrogen-bond acceptors (Lipinski definition) is 2. The third-order valence-corrected chi connectivity index (χ3v) is 5.23. The maximum Gasteiger partial charge on any atom is 0.328 e. The summed E-state index contributed by atoms with van der Waals surface area (Å²) < 4.78 is 10.8. The van der Waals surface area contributed by atoms with Gasteiger partial charge in [0.25, 0.3) is 0 Å². The van der Waals surface area contributed by atoms with Gasteiger partial charge in [0.1, 0.15) is 0 Å². The minimum absolute atomic E-state index is 0.386. The molecule has 4 heteroatoms. The predicted octanol–water partition coefficient (Wildman–Crippen LogP) is 2.89. The molecule has 0 aliphatic rings. The highest BCUT2D eigenvalue weighted by Crippen LogP contribution is 2.24. The lowest BCUT2D eigenvalue weighted by molar-refractivity contribution is 0.265. The number of hydrogen-bond donors (Lipinski definition) is 0. The fourth-order valence-corrected chi connectivity index (χ4v) is 3.62. The van der Waals surface area contributed by atoms with Gasteiger partial charge in [-0.2, -0.15) is 0 Å². The Morgan fingerprint density at radius 2 is 1.73 bits per heavy atom. The molecule has 15 heavy (non-hydrogen) atoms. The van der Waals surface area contributed by atoms with Gasteiger partial charge < -0.3 is 8.85 Å². The van der Waals surface area contributed by atoms with Crippen molar-refractivity contribution in [1.29, 1.82) is 0 Å². The first kappa shape index (κ1) is 12.7. The lowest BCUT2D eigenvalue weighted by Gasteiger charge is -2.21. The van der Waals surface area contributed by atoms with Crippen LogP contribution in [0.3, 0.4) is 0 Å². The normalized spacial score (nSPS) is 13.1. The lowest BCUT2D eigenvalue weighted by atomic mass is 10.1. The van der Waals surface area contributed by atoms with Crippen molar-refractivity contribution in [3.8, 4) is 0 Å². The molecular formula is C11H17ClO2Si. The van der Waals surface area contributed by atoms with Crippen LogP contribution in [0.15, 0.2) is 24.3 Å². The molecule has 1 rings (SSSR count). The largest absolute Gasteiger partial charge is 0.400 e. The first-order valence-corrected chi connectivity index (χ1v) is 7.02. The molecule has 0 heterocycles. The van der Waals surface area contributed by atoms with Crippen LogP contribution in [0, 0.1) is 0 Å². The maximum atomic E-state index is 5.86.